The summed E-state index contributed by atoms with van der Waals surface area (Å²) in [5.74, 6) is 0.105. The summed E-state index contributed by atoms with van der Waals surface area (Å²) in [5.41, 5.74) is 0.996. The number of aliphatic hydroxyl groups excluding tert-OH is 1. The van der Waals surface area contributed by atoms with Crippen molar-refractivity contribution >= 4 is 23.2 Å². The first-order valence-electron chi connectivity index (χ1n) is 7.58. The van der Waals surface area contributed by atoms with Gasteiger partial charge in [0.05, 0.1) is 22.3 Å². The minimum absolute atomic E-state index is 0.0397. The highest BCUT2D eigenvalue weighted by Crippen LogP contribution is 2.32. The number of likely N-dealkylation sites (N-methyl/N-ethyl adjacent to an activating group) is 1. The van der Waals surface area contributed by atoms with Gasteiger partial charge in [0.2, 0.25) is 0 Å². The van der Waals surface area contributed by atoms with Crippen molar-refractivity contribution in [3.8, 4) is 0 Å². The molecule has 1 aliphatic rings. The molecule has 1 aromatic rings. The Bertz CT molecular complexity index is 487. The maximum atomic E-state index is 10.9. The average molecular weight is 347 g/mol. The van der Waals surface area contributed by atoms with Gasteiger partial charge in [-0.3, -0.25) is 0 Å². The highest BCUT2D eigenvalue weighted by atomic mass is 35.5. The molecule has 0 saturated carbocycles. The van der Waals surface area contributed by atoms with Crippen LogP contribution in [0.5, 0.6) is 0 Å². The van der Waals surface area contributed by atoms with Gasteiger partial charge in [0.1, 0.15) is 0 Å². The second-order valence-corrected chi connectivity index (χ2v) is 6.65. The van der Waals surface area contributed by atoms with Crippen LogP contribution in [-0.4, -0.2) is 51.1 Å². The highest BCUT2D eigenvalue weighted by Gasteiger charge is 2.32. The molecule has 2 unspecified atom stereocenters. The monoisotopic (exact) mass is 346 g/mol. The van der Waals surface area contributed by atoms with Gasteiger partial charge >= 0.3 is 0 Å². The van der Waals surface area contributed by atoms with Crippen LogP contribution in [0, 0.1) is 5.92 Å². The lowest BCUT2D eigenvalue weighted by atomic mass is 9.81. The number of methoxy groups -OCH3 is 1. The Labute approximate surface area is 142 Å². The summed E-state index contributed by atoms with van der Waals surface area (Å²) in [5, 5.41) is 18.4. The fourth-order valence-electron chi connectivity index (χ4n) is 3.10. The first-order chi connectivity index (χ1) is 10.6. The number of hydrogen-bond acceptors (Lipinski definition) is 4. The van der Waals surface area contributed by atoms with Crippen LogP contribution in [0.1, 0.15) is 17.9 Å². The second-order valence-electron chi connectivity index (χ2n) is 5.84. The van der Waals surface area contributed by atoms with Gasteiger partial charge in [0, 0.05) is 38.6 Å². The van der Waals surface area contributed by atoms with E-state index in [-0.39, 0.29) is 17.9 Å². The van der Waals surface area contributed by atoms with Crippen LogP contribution in [0.15, 0.2) is 18.2 Å². The molecule has 1 heterocycles. The van der Waals surface area contributed by atoms with Crippen LogP contribution in [-0.2, 0) is 4.74 Å². The number of rotatable bonds is 6. The molecule has 0 radical (unpaired) electrons. The van der Waals surface area contributed by atoms with Gasteiger partial charge in [0.15, 0.2) is 0 Å². The van der Waals surface area contributed by atoms with Crippen LogP contribution in [0.25, 0.3) is 0 Å². The molecule has 1 saturated heterocycles. The predicted octanol–water partition coefficient (Wildman–Crippen LogP) is 2.28. The summed E-state index contributed by atoms with van der Waals surface area (Å²) in [7, 11) is 3.60. The number of halogens is 2. The molecule has 4 atom stereocenters. The lowest BCUT2D eigenvalue weighted by Crippen LogP contribution is -2.47. The van der Waals surface area contributed by atoms with E-state index in [1.54, 1.807) is 13.2 Å². The first kappa shape index (κ1) is 18.0. The largest absolute Gasteiger partial charge is 0.392 e. The van der Waals surface area contributed by atoms with Gasteiger partial charge in [-0.1, -0.05) is 29.3 Å². The Morgan fingerprint density at radius 3 is 2.77 bits per heavy atom. The molecule has 0 aliphatic carbocycles. The van der Waals surface area contributed by atoms with Gasteiger partial charge in [-0.05, 0) is 31.2 Å². The maximum Gasteiger partial charge on any atom is 0.0699 e. The molecule has 2 rings (SSSR count). The molecule has 22 heavy (non-hydrogen) atoms. The van der Waals surface area contributed by atoms with E-state index in [9.17, 15) is 5.11 Å². The van der Waals surface area contributed by atoms with E-state index in [1.807, 2.05) is 19.2 Å². The fraction of sp³-hybridized carbons (Fsp3) is 0.625. The van der Waals surface area contributed by atoms with Crippen molar-refractivity contribution in [3.63, 3.8) is 0 Å². The Morgan fingerprint density at radius 1 is 1.36 bits per heavy atom. The fourth-order valence-corrected chi connectivity index (χ4v) is 3.41. The van der Waals surface area contributed by atoms with E-state index in [4.69, 9.17) is 27.9 Å². The number of nitrogens with one attached hydrogen (secondary N) is 2. The number of hydrogen-bond donors (Lipinski definition) is 3. The standard InChI is InChI=1S/C16H24Cl2N2O2/c1-19-9-13(10-3-4-14(17)15(18)6-10)16(21)11-5-12(22-2)8-20-7-11/h3-4,6,11-13,16,19-21H,5,7-9H2,1-2H3/t11?,12?,13-,16-/m1/s1. The molecule has 6 heteroatoms. The number of piperidine rings is 1. The van der Waals surface area contributed by atoms with Crippen molar-refractivity contribution in [2.45, 2.75) is 24.5 Å². The minimum Gasteiger partial charge on any atom is -0.392 e. The summed E-state index contributed by atoms with van der Waals surface area (Å²) in [6, 6.07) is 5.56. The van der Waals surface area contributed by atoms with Crippen molar-refractivity contribution < 1.29 is 9.84 Å². The number of benzene rings is 1. The van der Waals surface area contributed by atoms with E-state index in [0.29, 0.717) is 16.6 Å². The minimum atomic E-state index is -0.477. The zero-order valence-corrected chi connectivity index (χ0v) is 14.5. The normalized spacial score (nSPS) is 25.0. The molecule has 1 aromatic carbocycles. The molecule has 3 N–H and O–H groups in total. The smallest absolute Gasteiger partial charge is 0.0699 e. The number of ether oxygens (including phenoxy) is 1. The Balaban J connectivity index is 2.16. The van der Waals surface area contributed by atoms with Gasteiger partial charge < -0.3 is 20.5 Å². The predicted molar refractivity (Wildman–Crippen MR) is 90.9 cm³/mol. The average Bonchev–Trinajstić information content (AvgIpc) is 2.54. The van der Waals surface area contributed by atoms with Crippen molar-refractivity contribution in [3.05, 3.63) is 33.8 Å². The maximum absolute atomic E-state index is 10.9. The lowest BCUT2D eigenvalue weighted by molar-refractivity contribution is 0.00649. The quantitative estimate of drug-likeness (QED) is 0.739. The van der Waals surface area contributed by atoms with Crippen LogP contribution in [0.4, 0.5) is 0 Å². The van der Waals surface area contributed by atoms with E-state index in [0.717, 1.165) is 25.1 Å². The van der Waals surface area contributed by atoms with Crippen LogP contribution in [0.2, 0.25) is 10.0 Å². The van der Waals surface area contributed by atoms with Gasteiger partial charge in [-0.25, -0.2) is 0 Å². The highest BCUT2D eigenvalue weighted by molar-refractivity contribution is 6.42. The molecule has 1 fully saturated rings. The molecule has 1 aliphatic heterocycles. The molecular weight excluding hydrogens is 323 g/mol. The van der Waals surface area contributed by atoms with E-state index >= 15 is 0 Å². The van der Waals surface area contributed by atoms with E-state index < -0.39 is 6.10 Å². The van der Waals surface area contributed by atoms with Gasteiger partial charge in [-0.2, -0.15) is 0 Å². The second kappa shape index (κ2) is 8.48. The Hall–Kier alpha value is -0.360. The molecule has 0 amide bonds. The summed E-state index contributed by atoms with van der Waals surface area (Å²) < 4.78 is 5.42. The van der Waals surface area contributed by atoms with Crippen LogP contribution >= 0.6 is 23.2 Å². The third kappa shape index (κ3) is 4.34. The third-order valence-corrected chi connectivity index (χ3v) is 5.11. The Morgan fingerprint density at radius 2 is 2.14 bits per heavy atom. The van der Waals surface area contributed by atoms with Gasteiger partial charge in [-0.15, -0.1) is 0 Å². The van der Waals surface area contributed by atoms with Crippen LogP contribution < -0.4 is 10.6 Å². The van der Waals surface area contributed by atoms with Crippen molar-refractivity contribution in [1.82, 2.24) is 10.6 Å². The Kier molecular flexibility index (Phi) is 6.93. The SMILES string of the molecule is CNC[C@H](c1ccc(Cl)c(Cl)c1)[C@H](O)C1CNCC(OC)C1. The summed E-state index contributed by atoms with van der Waals surface area (Å²) in [6.07, 6.45) is 0.527. The molecule has 0 aromatic heterocycles. The van der Waals surface area contributed by atoms with Crippen LogP contribution in [0.3, 0.4) is 0 Å². The van der Waals surface area contributed by atoms with Crippen molar-refractivity contribution in [2.75, 3.05) is 33.8 Å². The molecular formula is C16H24Cl2N2O2. The molecule has 4 nitrogen and oxygen atoms in total. The molecule has 0 spiro atoms. The lowest BCUT2D eigenvalue weighted by Gasteiger charge is -2.36. The van der Waals surface area contributed by atoms with Crippen molar-refractivity contribution in [1.29, 1.82) is 0 Å². The zero-order valence-electron chi connectivity index (χ0n) is 13.0. The summed E-state index contributed by atoms with van der Waals surface area (Å²) in [6.45, 7) is 2.30. The first-order valence-corrected chi connectivity index (χ1v) is 8.33. The summed E-state index contributed by atoms with van der Waals surface area (Å²) in [4.78, 5) is 0. The zero-order chi connectivity index (χ0) is 16.1. The van der Waals surface area contributed by atoms with E-state index in [2.05, 4.69) is 10.6 Å². The number of aliphatic hydroxyl groups is 1. The van der Waals surface area contributed by atoms with E-state index in [1.165, 1.54) is 0 Å². The third-order valence-electron chi connectivity index (χ3n) is 4.37. The molecule has 124 valence electrons. The van der Waals surface area contributed by atoms with Crippen molar-refractivity contribution in [2.24, 2.45) is 5.92 Å². The van der Waals surface area contributed by atoms with Gasteiger partial charge in [0.25, 0.3) is 0 Å². The topological polar surface area (TPSA) is 53.5 Å². The summed E-state index contributed by atoms with van der Waals surface area (Å²) >= 11 is 12.1. The molecule has 0 bridgehead atoms.